The number of rotatable bonds is 6. The van der Waals surface area contributed by atoms with Crippen LogP contribution in [0.5, 0.6) is 5.75 Å². The molecule has 0 radical (unpaired) electrons. The average molecular weight is 364 g/mol. The van der Waals surface area contributed by atoms with Crippen molar-refractivity contribution in [2.75, 3.05) is 26.7 Å². The van der Waals surface area contributed by atoms with E-state index in [0.717, 1.165) is 36.4 Å². The molecule has 0 saturated carbocycles. The average Bonchev–Trinajstić information content (AvgIpc) is 2.92. The maximum absolute atomic E-state index is 5.28. The largest absolute Gasteiger partial charge is 0.496 e. The second-order valence-corrected chi connectivity index (χ2v) is 5.94. The van der Waals surface area contributed by atoms with Gasteiger partial charge in [-0.1, -0.05) is 13.0 Å². The molecule has 1 fully saturated rings. The normalized spacial score (nSPS) is 18.1. The van der Waals surface area contributed by atoms with E-state index in [4.69, 9.17) is 4.74 Å². The third-order valence-corrected chi connectivity index (χ3v) is 4.28. The molecule has 1 heterocycles. The summed E-state index contributed by atoms with van der Waals surface area (Å²) in [5.41, 5.74) is 1.34. The molecule has 1 aromatic rings. The molecule has 114 valence electrons. The predicted molar refractivity (Wildman–Crippen MR) is 89.9 cm³/mol. The number of nitrogens with zero attached hydrogens (tertiary/aromatic N) is 1. The van der Waals surface area contributed by atoms with E-state index in [-0.39, 0.29) is 12.4 Å². The highest BCUT2D eigenvalue weighted by atomic mass is 79.9. The van der Waals surface area contributed by atoms with Gasteiger partial charge in [-0.2, -0.15) is 0 Å². The van der Waals surface area contributed by atoms with Gasteiger partial charge in [-0.05, 0) is 59.6 Å². The Morgan fingerprint density at radius 3 is 2.80 bits per heavy atom. The summed E-state index contributed by atoms with van der Waals surface area (Å²) >= 11 is 3.56. The molecule has 0 aliphatic carbocycles. The predicted octanol–water partition coefficient (Wildman–Crippen LogP) is 3.45. The van der Waals surface area contributed by atoms with E-state index in [1.165, 1.54) is 18.4 Å². The maximum atomic E-state index is 5.28. The summed E-state index contributed by atoms with van der Waals surface area (Å²) < 4.78 is 6.32. The summed E-state index contributed by atoms with van der Waals surface area (Å²) in [5, 5.41) is 3.46. The zero-order valence-electron chi connectivity index (χ0n) is 12.2. The Morgan fingerprint density at radius 2 is 2.25 bits per heavy atom. The minimum atomic E-state index is 0. The van der Waals surface area contributed by atoms with Crippen LogP contribution < -0.4 is 10.1 Å². The van der Waals surface area contributed by atoms with Crippen LogP contribution in [0.25, 0.3) is 0 Å². The first-order valence-electron chi connectivity index (χ1n) is 7.01. The second-order valence-electron chi connectivity index (χ2n) is 5.09. The van der Waals surface area contributed by atoms with Gasteiger partial charge in [0, 0.05) is 19.1 Å². The minimum Gasteiger partial charge on any atom is -0.496 e. The smallest absolute Gasteiger partial charge is 0.133 e. The molecule has 1 unspecified atom stereocenters. The van der Waals surface area contributed by atoms with Crippen molar-refractivity contribution in [1.29, 1.82) is 0 Å². The quantitative estimate of drug-likeness (QED) is 0.838. The summed E-state index contributed by atoms with van der Waals surface area (Å²) in [6.45, 7) is 6.70. The van der Waals surface area contributed by atoms with E-state index in [1.807, 2.05) is 6.07 Å². The van der Waals surface area contributed by atoms with Crippen molar-refractivity contribution in [1.82, 2.24) is 10.2 Å². The molecular formula is C15H24BrClN2O. The summed E-state index contributed by atoms with van der Waals surface area (Å²) in [6, 6.07) is 7.05. The molecule has 1 aliphatic rings. The standard InChI is InChI=1S/C15H23BrN2O.ClH/c1-3-8-18(13-6-7-17-10-13)11-12-4-5-15(19-2)14(16)9-12;/h4-5,9,13,17H,3,6-8,10-11H2,1-2H3;1H. The monoisotopic (exact) mass is 362 g/mol. The lowest BCUT2D eigenvalue weighted by Crippen LogP contribution is -2.36. The van der Waals surface area contributed by atoms with Crippen LogP contribution in [-0.4, -0.2) is 37.7 Å². The highest BCUT2D eigenvalue weighted by Gasteiger charge is 2.21. The number of benzene rings is 1. The minimum absolute atomic E-state index is 0. The van der Waals surface area contributed by atoms with Gasteiger partial charge in [-0.25, -0.2) is 0 Å². The molecule has 0 amide bonds. The number of ether oxygens (including phenoxy) is 1. The van der Waals surface area contributed by atoms with E-state index in [1.54, 1.807) is 7.11 Å². The van der Waals surface area contributed by atoms with Crippen LogP contribution in [0, 0.1) is 0 Å². The van der Waals surface area contributed by atoms with Crippen LogP contribution in [0.15, 0.2) is 22.7 Å². The van der Waals surface area contributed by atoms with Gasteiger partial charge < -0.3 is 10.1 Å². The number of nitrogens with one attached hydrogen (secondary N) is 1. The molecular weight excluding hydrogens is 340 g/mol. The number of halogens is 2. The van der Waals surface area contributed by atoms with Crippen molar-refractivity contribution < 1.29 is 4.74 Å². The van der Waals surface area contributed by atoms with Gasteiger partial charge in [0.1, 0.15) is 5.75 Å². The second kappa shape index (κ2) is 8.88. The Labute approximate surface area is 136 Å². The Bertz CT molecular complexity index is 411. The van der Waals surface area contributed by atoms with Gasteiger partial charge >= 0.3 is 0 Å². The lowest BCUT2D eigenvalue weighted by atomic mass is 10.1. The van der Waals surface area contributed by atoms with E-state index < -0.39 is 0 Å². The van der Waals surface area contributed by atoms with Crippen molar-refractivity contribution in [2.24, 2.45) is 0 Å². The third-order valence-electron chi connectivity index (χ3n) is 3.66. The van der Waals surface area contributed by atoms with Crippen molar-refractivity contribution in [3.63, 3.8) is 0 Å². The summed E-state index contributed by atoms with van der Waals surface area (Å²) in [6.07, 6.45) is 2.46. The van der Waals surface area contributed by atoms with Gasteiger partial charge in [0.25, 0.3) is 0 Å². The van der Waals surface area contributed by atoms with E-state index in [2.05, 4.69) is 45.2 Å². The first-order valence-corrected chi connectivity index (χ1v) is 7.81. The van der Waals surface area contributed by atoms with E-state index in [0.29, 0.717) is 6.04 Å². The van der Waals surface area contributed by atoms with Crippen molar-refractivity contribution >= 4 is 28.3 Å². The van der Waals surface area contributed by atoms with E-state index in [9.17, 15) is 0 Å². The molecule has 1 atom stereocenters. The van der Waals surface area contributed by atoms with Gasteiger partial charge in [0.05, 0.1) is 11.6 Å². The number of hydrogen-bond donors (Lipinski definition) is 1. The number of hydrogen-bond acceptors (Lipinski definition) is 3. The van der Waals surface area contributed by atoms with Gasteiger partial charge in [0.15, 0.2) is 0 Å². The zero-order valence-corrected chi connectivity index (χ0v) is 14.6. The molecule has 3 nitrogen and oxygen atoms in total. The molecule has 1 aliphatic heterocycles. The molecule has 1 aromatic carbocycles. The van der Waals surface area contributed by atoms with Gasteiger partial charge in [0.2, 0.25) is 0 Å². The Kier molecular flexibility index (Phi) is 7.88. The Hall–Kier alpha value is -0.290. The molecule has 0 spiro atoms. The maximum Gasteiger partial charge on any atom is 0.133 e. The lowest BCUT2D eigenvalue weighted by molar-refractivity contribution is 0.199. The lowest BCUT2D eigenvalue weighted by Gasteiger charge is -2.28. The zero-order chi connectivity index (χ0) is 13.7. The van der Waals surface area contributed by atoms with Gasteiger partial charge in [-0.15, -0.1) is 12.4 Å². The molecule has 1 saturated heterocycles. The van der Waals surface area contributed by atoms with Crippen LogP contribution in [0.1, 0.15) is 25.3 Å². The van der Waals surface area contributed by atoms with Crippen molar-refractivity contribution in [2.45, 2.75) is 32.4 Å². The van der Waals surface area contributed by atoms with Crippen molar-refractivity contribution in [3.8, 4) is 5.75 Å². The first-order chi connectivity index (χ1) is 9.24. The van der Waals surface area contributed by atoms with Crippen LogP contribution in [0.3, 0.4) is 0 Å². The highest BCUT2D eigenvalue weighted by molar-refractivity contribution is 9.10. The van der Waals surface area contributed by atoms with E-state index >= 15 is 0 Å². The summed E-state index contributed by atoms with van der Waals surface area (Å²) in [7, 11) is 1.70. The van der Waals surface area contributed by atoms with Gasteiger partial charge in [-0.3, -0.25) is 4.90 Å². The molecule has 5 heteroatoms. The third kappa shape index (κ3) is 4.62. The van der Waals surface area contributed by atoms with Crippen LogP contribution in [0.2, 0.25) is 0 Å². The molecule has 0 aromatic heterocycles. The molecule has 0 bridgehead atoms. The molecule has 1 N–H and O–H groups in total. The fourth-order valence-electron chi connectivity index (χ4n) is 2.67. The SMILES string of the molecule is CCCN(Cc1ccc(OC)c(Br)c1)C1CCNC1.Cl. The Balaban J connectivity index is 0.00000200. The first kappa shape index (κ1) is 17.8. The number of methoxy groups -OCH3 is 1. The topological polar surface area (TPSA) is 24.5 Å². The molecule has 2 rings (SSSR count). The van der Waals surface area contributed by atoms with Crippen molar-refractivity contribution in [3.05, 3.63) is 28.2 Å². The fraction of sp³-hybridized carbons (Fsp3) is 0.600. The summed E-state index contributed by atoms with van der Waals surface area (Å²) in [5.74, 6) is 0.897. The Morgan fingerprint density at radius 1 is 1.45 bits per heavy atom. The summed E-state index contributed by atoms with van der Waals surface area (Å²) in [4.78, 5) is 2.59. The van der Waals surface area contributed by atoms with Crippen LogP contribution in [-0.2, 0) is 6.54 Å². The highest BCUT2D eigenvalue weighted by Crippen LogP contribution is 2.26. The fourth-order valence-corrected chi connectivity index (χ4v) is 3.26. The van der Waals surface area contributed by atoms with Crippen LogP contribution >= 0.6 is 28.3 Å². The molecule has 20 heavy (non-hydrogen) atoms. The van der Waals surface area contributed by atoms with Crippen LogP contribution in [0.4, 0.5) is 0 Å².